The number of nitrogens with one attached hydrogen (secondary N) is 3. The highest BCUT2D eigenvalue weighted by Gasteiger charge is 2.44. The maximum Gasteiger partial charge on any atom is 0.411 e. The zero-order valence-electron chi connectivity index (χ0n) is 16.8. The van der Waals surface area contributed by atoms with E-state index < -0.39 is 6.09 Å². The Bertz CT molecular complexity index is 863. The van der Waals surface area contributed by atoms with E-state index in [9.17, 15) is 9.18 Å². The van der Waals surface area contributed by atoms with E-state index in [0.29, 0.717) is 18.8 Å². The summed E-state index contributed by atoms with van der Waals surface area (Å²) in [7, 11) is 1.33. The number of nitrogens with zero attached hydrogens (tertiary/aromatic N) is 1. The Balaban J connectivity index is 1.59. The van der Waals surface area contributed by atoms with Gasteiger partial charge in [0.15, 0.2) is 5.96 Å². The summed E-state index contributed by atoms with van der Waals surface area (Å²) in [4.78, 5) is 15.9. The summed E-state index contributed by atoms with van der Waals surface area (Å²) >= 11 is 0. The number of ether oxygens (including phenoxy) is 1. The molecular weight excluding hydrogens is 371 g/mol. The topological polar surface area (TPSA) is 74.8 Å². The summed E-state index contributed by atoms with van der Waals surface area (Å²) in [5.74, 6) is 0.534. The van der Waals surface area contributed by atoms with Gasteiger partial charge in [-0.15, -0.1) is 0 Å². The molecule has 1 fully saturated rings. The molecule has 1 aliphatic rings. The molecule has 0 radical (unpaired) electrons. The number of benzene rings is 2. The molecule has 0 heterocycles. The molecule has 154 valence electrons. The molecule has 0 unspecified atom stereocenters. The van der Waals surface area contributed by atoms with Crippen LogP contribution in [0.5, 0.6) is 0 Å². The SMILES string of the molecule is CCNC(=NCc1ccc(NC(=O)OC)cc1)NCC1(c2cccc(F)c2)CC1. The normalized spacial score (nSPS) is 14.8. The van der Waals surface area contributed by atoms with Crippen LogP contribution in [0.15, 0.2) is 53.5 Å². The van der Waals surface area contributed by atoms with E-state index in [-0.39, 0.29) is 11.2 Å². The number of guanidine groups is 1. The average Bonchev–Trinajstić information content (AvgIpc) is 3.52. The Morgan fingerprint density at radius 1 is 1.17 bits per heavy atom. The first-order chi connectivity index (χ1) is 14.0. The van der Waals surface area contributed by atoms with E-state index in [0.717, 1.165) is 36.5 Å². The fourth-order valence-corrected chi connectivity index (χ4v) is 3.16. The Hall–Kier alpha value is -3.09. The van der Waals surface area contributed by atoms with Gasteiger partial charge < -0.3 is 15.4 Å². The van der Waals surface area contributed by atoms with Gasteiger partial charge in [0.25, 0.3) is 0 Å². The summed E-state index contributed by atoms with van der Waals surface area (Å²) in [6.07, 6.45) is 1.58. The molecule has 1 saturated carbocycles. The summed E-state index contributed by atoms with van der Waals surface area (Å²) < 4.78 is 18.2. The van der Waals surface area contributed by atoms with Crippen LogP contribution >= 0.6 is 0 Å². The Morgan fingerprint density at radius 3 is 2.55 bits per heavy atom. The molecule has 29 heavy (non-hydrogen) atoms. The van der Waals surface area contributed by atoms with Crippen LogP contribution in [-0.2, 0) is 16.7 Å². The number of rotatable bonds is 7. The first kappa shape index (κ1) is 20.6. The third-order valence-corrected chi connectivity index (χ3v) is 5.03. The van der Waals surface area contributed by atoms with Crippen molar-refractivity contribution in [2.24, 2.45) is 4.99 Å². The van der Waals surface area contributed by atoms with Crippen LogP contribution in [0.25, 0.3) is 0 Å². The molecule has 2 aromatic rings. The third kappa shape index (κ3) is 5.70. The fourth-order valence-electron chi connectivity index (χ4n) is 3.16. The highest BCUT2D eigenvalue weighted by atomic mass is 19.1. The van der Waals surface area contributed by atoms with E-state index in [1.807, 2.05) is 37.3 Å². The molecule has 3 N–H and O–H groups in total. The van der Waals surface area contributed by atoms with E-state index in [1.54, 1.807) is 12.1 Å². The predicted octanol–water partition coefficient (Wildman–Crippen LogP) is 3.79. The van der Waals surface area contributed by atoms with Crippen LogP contribution in [0.3, 0.4) is 0 Å². The monoisotopic (exact) mass is 398 g/mol. The van der Waals surface area contributed by atoms with Crippen molar-refractivity contribution in [3.05, 3.63) is 65.5 Å². The highest BCUT2D eigenvalue weighted by molar-refractivity contribution is 5.84. The van der Waals surface area contributed by atoms with Gasteiger partial charge >= 0.3 is 6.09 Å². The molecule has 0 aliphatic heterocycles. The number of amides is 1. The van der Waals surface area contributed by atoms with Crippen LogP contribution in [-0.4, -0.2) is 32.3 Å². The maximum absolute atomic E-state index is 13.6. The minimum atomic E-state index is -0.498. The second kappa shape index (κ2) is 9.41. The number of anilines is 1. The van der Waals surface area contributed by atoms with Gasteiger partial charge in [-0.2, -0.15) is 0 Å². The number of hydrogen-bond acceptors (Lipinski definition) is 3. The lowest BCUT2D eigenvalue weighted by atomic mass is 9.96. The zero-order chi connectivity index (χ0) is 20.7. The molecule has 1 aliphatic carbocycles. The minimum absolute atomic E-state index is 0.0144. The predicted molar refractivity (Wildman–Crippen MR) is 113 cm³/mol. The van der Waals surface area contributed by atoms with Gasteiger partial charge in [-0.3, -0.25) is 5.32 Å². The van der Waals surface area contributed by atoms with Crippen LogP contribution in [0.1, 0.15) is 30.9 Å². The lowest BCUT2D eigenvalue weighted by molar-refractivity contribution is 0.187. The average molecular weight is 398 g/mol. The quantitative estimate of drug-likeness (QED) is 0.490. The highest BCUT2D eigenvalue weighted by Crippen LogP contribution is 2.47. The van der Waals surface area contributed by atoms with Crippen LogP contribution < -0.4 is 16.0 Å². The van der Waals surface area contributed by atoms with Gasteiger partial charge in [-0.1, -0.05) is 24.3 Å². The Labute approximate surface area is 170 Å². The number of methoxy groups -OCH3 is 1. The number of carbonyl (C=O) groups is 1. The molecule has 0 aromatic heterocycles. The summed E-state index contributed by atoms with van der Waals surface area (Å²) in [6, 6.07) is 14.3. The van der Waals surface area contributed by atoms with Gasteiger partial charge in [-0.05, 0) is 55.2 Å². The molecule has 0 atom stereocenters. The van der Waals surface area contributed by atoms with Gasteiger partial charge in [0.2, 0.25) is 0 Å². The van der Waals surface area contributed by atoms with Crippen molar-refractivity contribution >= 4 is 17.7 Å². The Kier molecular flexibility index (Phi) is 6.69. The molecule has 0 bridgehead atoms. The fraction of sp³-hybridized carbons (Fsp3) is 0.364. The number of halogens is 1. The van der Waals surface area contributed by atoms with E-state index in [2.05, 4.69) is 25.7 Å². The van der Waals surface area contributed by atoms with E-state index >= 15 is 0 Å². The maximum atomic E-state index is 13.6. The molecule has 6 nitrogen and oxygen atoms in total. The smallest absolute Gasteiger partial charge is 0.411 e. The summed E-state index contributed by atoms with van der Waals surface area (Å²) in [6.45, 7) is 3.98. The van der Waals surface area contributed by atoms with Gasteiger partial charge in [0, 0.05) is 24.2 Å². The van der Waals surface area contributed by atoms with Gasteiger partial charge in [0.05, 0.1) is 13.7 Å². The van der Waals surface area contributed by atoms with Crippen molar-refractivity contribution in [2.75, 3.05) is 25.5 Å². The van der Waals surface area contributed by atoms with Crippen LogP contribution in [0, 0.1) is 5.82 Å². The van der Waals surface area contributed by atoms with Crippen molar-refractivity contribution in [3.63, 3.8) is 0 Å². The van der Waals surface area contributed by atoms with Crippen molar-refractivity contribution in [1.82, 2.24) is 10.6 Å². The number of aliphatic imine (C=N–C) groups is 1. The molecule has 0 saturated heterocycles. The molecule has 7 heteroatoms. The van der Waals surface area contributed by atoms with Crippen molar-refractivity contribution in [2.45, 2.75) is 31.7 Å². The van der Waals surface area contributed by atoms with Crippen molar-refractivity contribution in [3.8, 4) is 0 Å². The largest absolute Gasteiger partial charge is 0.453 e. The van der Waals surface area contributed by atoms with Gasteiger partial charge in [-0.25, -0.2) is 14.2 Å². The zero-order valence-corrected chi connectivity index (χ0v) is 16.8. The molecule has 3 rings (SSSR count). The molecular formula is C22H27FN4O2. The van der Waals surface area contributed by atoms with Crippen LogP contribution in [0.4, 0.5) is 14.9 Å². The van der Waals surface area contributed by atoms with Crippen molar-refractivity contribution in [1.29, 1.82) is 0 Å². The summed E-state index contributed by atoms with van der Waals surface area (Å²) in [5, 5.41) is 9.27. The first-order valence-electron chi connectivity index (χ1n) is 9.77. The Morgan fingerprint density at radius 2 is 1.93 bits per heavy atom. The first-order valence-corrected chi connectivity index (χ1v) is 9.77. The third-order valence-electron chi connectivity index (χ3n) is 5.03. The van der Waals surface area contributed by atoms with E-state index in [1.165, 1.54) is 13.2 Å². The molecule has 0 spiro atoms. The lowest BCUT2D eigenvalue weighted by Gasteiger charge is -2.19. The lowest BCUT2D eigenvalue weighted by Crippen LogP contribution is -2.41. The molecule has 1 amide bonds. The van der Waals surface area contributed by atoms with E-state index in [4.69, 9.17) is 0 Å². The number of hydrogen-bond donors (Lipinski definition) is 3. The van der Waals surface area contributed by atoms with Crippen molar-refractivity contribution < 1.29 is 13.9 Å². The second-order valence-electron chi connectivity index (χ2n) is 7.15. The number of carbonyl (C=O) groups excluding carboxylic acids is 1. The molecule has 2 aromatic carbocycles. The van der Waals surface area contributed by atoms with Crippen LogP contribution in [0.2, 0.25) is 0 Å². The second-order valence-corrected chi connectivity index (χ2v) is 7.15. The van der Waals surface area contributed by atoms with Gasteiger partial charge in [0.1, 0.15) is 5.82 Å². The standard InChI is InChI=1S/C22H27FN4O2/c1-3-24-20(25-14-16-7-9-19(10-8-16)27-21(28)29-2)26-15-22(11-12-22)17-5-4-6-18(23)13-17/h4-10,13H,3,11-12,14-15H2,1-2H3,(H,27,28)(H2,24,25,26). The minimum Gasteiger partial charge on any atom is -0.453 e. The summed E-state index contributed by atoms with van der Waals surface area (Å²) in [5.41, 5.74) is 2.71.